The average molecular weight is 455 g/mol. The Morgan fingerprint density at radius 3 is 2.41 bits per heavy atom. The first-order chi connectivity index (χ1) is 15.6. The van der Waals surface area contributed by atoms with Gasteiger partial charge in [-0.3, -0.25) is 0 Å². The molecule has 0 amide bonds. The van der Waals surface area contributed by atoms with Gasteiger partial charge in [-0.05, 0) is 5.56 Å². The predicted molar refractivity (Wildman–Crippen MR) is 125 cm³/mol. The number of nitrogens with zero attached hydrogens (tertiary/aromatic N) is 6. The molecule has 168 valence electrons. The lowest BCUT2D eigenvalue weighted by Gasteiger charge is -2.31. The zero-order valence-corrected chi connectivity index (χ0v) is 18.6. The number of nitrogens with one attached hydrogen (secondary N) is 2. The molecule has 32 heavy (non-hydrogen) atoms. The molecule has 2 aliphatic heterocycles. The highest BCUT2D eigenvalue weighted by atomic mass is 32.2. The van der Waals surface area contributed by atoms with E-state index in [1.54, 1.807) is 0 Å². The zero-order valence-electron chi connectivity index (χ0n) is 17.7. The molecule has 4 heterocycles. The normalized spacial score (nSPS) is 18.6. The van der Waals surface area contributed by atoms with E-state index in [1.807, 2.05) is 23.1 Å². The van der Waals surface area contributed by atoms with Crippen LogP contribution in [0.2, 0.25) is 0 Å². The van der Waals surface area contributed by atoms with Gasteiger partial charge < -0.3 is 20.4 Å². The van der Waals surface area contributed by atoms with Gasteiger partial charge in [0.25, 0.3) is 0 Å². The van der Waals surface area contributed by atoms with E-state index in [4.69, 9.17) is 9.97 Å². The van der Waals surface area contributed by atoms with Gasteiger partial charge in [-0.15, -0.1) is 0 Å². The summed E-state index contributed by atoms with van der Waals surface area (Å²) < 4.78 is 23.9. The van der Waals surface area contributed by atoms with Crippen molar-refractivity contribution in [3.05, 3.63) is 42.2 Å². The second-order valence-electron chi connectivity index (χ2n) is 7.98. The summed E-state index contributed by atoms with van der Waals surface area (Å²) in [5, 5.41) is 6.74. The van der Waals surface area contributed by atoms with Crippen molar-refractivity contribution in [1.82, 2.24) is 25.3 Å². The van der Waals surface area contributed by atoms with E-state index in [2.05, 4.69) is 37.6 Å². The van der Waals surface area contributed by atoms with Crippen LogP contribution in [0.5, 0.6) is 0 Å². The average Bonchev–Trinajstić information content (AvgIpc) is 2.83. The minimum absolute atomic E-state index is 0.117. The maximum absolute atomic E-state index is 12.0. The van der Waals surface area contributed by atoms with Gasteiger partial charge in [0.15, 0.2) is 21.5 Å². The van der Waals surface area contributed by atoms with Gasteiger partial charge in [-0.2, -0.15) is 4.98 Å². The van der Waals surface area contributed by atoms with Crippen LogP contribution in [0, 0.1) is 0 Å². The highest BCUT2D eigenvalue weighted by Gasteiger charge is 2.27. The Labute approximate surface area is 187 Å². The fourth-order valence-corrected chi connectivity index (χ4v) is 5.18. The van der Waals surface area contributed by atoms with E-state index < -0.39 is 9.84 Å². The summed E-state index contributed by atoms with van der Waals surface area (Å²) in [5.74, 6) is 2.17. The second kappa shape index (κ2) is 8.83. The summed E-state index contributed by atoms with van der Waals surface area (Å²) in [6, 6.07) is 10.1. The third-order valence-electron chi connectivity index (χ3n) is 5.80. The second-order valence-corrected chi connectivity index (χ2v) is 10.3. The lowest BCUT2D eigenvalue weighted by atomic mass is 10.2. The molecule has 0 atom stereocenters. The van der Waals surface area contributed by atoms with Crippen molar-refractivity contribution in [1.29, 1.82) is 0 Å². The molecule has 0 aliphatic carbocycles. The first kappa shape index (κ1) is 20.8. The van der Waals surface area contributed by atoms with Crippen LogP contribution < -0.4 is 20.4 Å². The lowest BCUT2D eigenvalue weighted by molar-refractivity contribution is 0.579. The first-order valence-electron chi connectivity index (χ1n) is 10.8. The number of hydrogen-bond acceptors (Lipinski definition) is 10. The number of sulfone groups is 1. The Morgan fingerprint density at radius 1 is 0.906 bits per heavy atom. The van der Waals surface area contributed by atoms with Crippen LogP contribution in [0.15, 0.2) is 36.7 Å². The Morgan fingerprint density at radius 2 is 1.66 bits per heavy atom. The summed E-state index contributed by atoms with van der Waals surface area (Å²) in [5.41, 5.74) is 2.42. The minimum atomic E-state index is -3.00. The highest BCUT2D eigenvalue weighted by molar-refractivity contribution is 7.91. The van der Waals surface area contributed by atoms with Crippen LogP contribution in [-0.4, -0.2) is 79.1 Å². The van der Waals surface area contributed by atoms with Crippen molar-refractivity contribution in [2.24, 2.45) is 0 Å². The molecule has 0 spiro atoms. The number of fused-ring (bicyclic) bond motifs is 1. The lowest BCUT2D eigenvalue weighted by Crippen LogP contribution is -2.45. The van der Waals surface area contributed by atoms with Gasteiger partial charge in [-0.1, -0.05) is 30.3 Å². The molecule has 3 aromatic rings. The van der Waals surface area contributed by atoms with Gasteiger partial charge in [0.1, 0.15) is 17.4 Å². The van der Waals surface area contributed by atoms with E-state index in [9.17, 15) is 8.42 Å². The SMILES string of the molecule is O=S1(=O)CCN(c2nc(N3CCNCC3)nc3c(NCc4ccccc4)ncnc23)CC1. The summed E-state index contributed by atoms with van der Waals surface area (Å²) in [4.78, 5) is 22.8. The third-order valence-corrected chi connectivity index (χ3v) is 7.41. The van der Waals surface area contributed by atoms with Gasteiger partial charge in [0.05, 0.1) is 11.5 Å². The van der Waals surface area contributed by atoms with Gasteiger partial charge in [0, 0.05) is 45.8 Å². The number of piperazine rings is 1. The molecule has 11 heteroatoms. The standard InChI is InChI=1S/C21H26N8O2S/c30-32(31)12-10-28(11-13-32)20-18-17(26-21(27-20)29-8-6-22-7-9-29)19(25-15-24-18)23-14-16-4-2-1-3-5-16/h1-5,15,22H,6-14H2,(H,23,24,25). The van der Waals surface area contributed by atoms with Crippen LogP contribution in [0.1, 0.15) is 5.56 Å². The zero-order chi connectivity index (χ0) is 22.0. The van der Waals surface area contributed by atoms with Crippen molar-refractivity contribution < 1.29 is 8.42 Å². The first-order valence-corrected chi connectivity index (χ1v) is 12.6. The summed E-state index contributed by atoms with van der Waals surface area (Å²) >= 11 is 0. The summed E-state index contributed by atoms with van der Waals surface area (Å²) in [6.45, 7) is 4.74. The van der Waals surface area contributed by atoms with Crippen LogP contribution in [0.3, 0.4) is 0 Å². The largest absolute Gasteiger partial charge is 0.364 e. The number of benzene rings is 1. The van der Waals surface area contributed by atoms with Crippen molar-refractivity contribution in [3.63, 3.8) is 0 Å². The van der Waals surface area contributed by atoms with Crippen LogP contribution >= 0.6 is 0 Å². The molecule has 0 bridgehead atoms. The molecule has 1 aromatic carbocycles. The van der Waals surface area contributed by atoms with Crippen LogP contribution in [0.4, 0.5) is 17.6 Å². The van der Waals surface area contributed by atoms with Crippen molar-refractivity contribution in [3.8, 4) is 0 Å². The fourth-order valence-electron chi connectivity index (χ4n) is 3.98. The molecule has 2 fully saturated rings. The molecule has 2 aromatic heterocycles. The molecule has 2 N–H and O–H groups in total. The molecule has 0 saturated carbocycles. The topological polar surface area (TPSA) is 116 Å². The van der Waals surface area contributed by atoms with E-state index in [-0.39, 0.29) is 11.5 Å². The number of anilines is 3. The molecule has 2 saturated heterocycles. The third kappa shape index (κ3) is 4.44. The van der Waals surface area contributed by atoms with Gasteiger partial charge >= 0.3 is 0 Å². The molecule has 5 rings (SSSR count). The number of hydrogen-bond donors (Lipinski definition) is 2. The Bertz CT molecular complexity index is 1190. The molecule has 10 nitrogen and oxygen atoms in total. The van der Waals surface area contributed by atoms with E-state index in [0.29, 0.717) is 48.3 Å². The van der Waals surface area contributed by atoms with Crippen LogP contribution in [-0.2, 0) is 16.4 Å². The number of rotatable bonds is 5. The highest BCUT2D eigenvalue weighted by Crippen LogP contribution is 2.29. The van der Waals surface area contributed by atoms with E-state index in [0.717, 1.165) is 31.7 Å². The Kier molecular flexibility index (Phi) is 5.75. The van der Waals surface area contributed by atoms with E-state index in [1.165, 1.54) is 6.33 Å². The van der Waals surface area contributed by atoms with Crippen LogP contribution in [0.25, 0.3) is 11.0 Å². The quantitative estimate of drug-likeness (QED) is 0.570. The summed E-state index contributed by atoms with van der Waals surface area (Å²) in [6.07, 6.45) is 1.51. The molecule has 0 unspecified atom stereocenters. The Hall–Kier alpha value is -3.05. The van der Waals surface area contributed by atoms with Crippen molar-refractivity contribution in [2.75, 3.05) is 65.9 Å². The summed E-state index contributed by atoms with van der Waals surface area (Å²) in [7, 11) is -3.00. The smallest absolute Gasteiger partial charge is 0.228 e. The van der Waals surface area contributed by atoms with Gasteiger partial charge in [-0.25, -0.2) is 23.4 Å². The Balaban J connectivity index is 1.55. The molecule has 0 radical (unpaired) electrons. The maximum Gasteiger partial charge on any atom is 0.228 e. The van der Waals surface area contributed by atoms with Crippen molar-refractivity contribution >= 4 is 38.5 Å². The number of aromatic nitrogens is 4. The van der Waals surface area contributed by atoms with Gasteiger partial charge in [0.2, 0.25) is 5.95 Å². The minimum Gasteiger partial charge on any atom is -0.364 e. The van der Waals surface area contributed by atoms with Crippen molar-refractivity contribution in [2.45, 2.75) is 6.54 Å². The van der Waals surface area contributed by atoms with E-state index >= 15 is 0 Å². The molecular weight excluding hydrogens is 428 g/mol. The molecular formula is C21H26N8O2S. The molecule has 2 aliphatic rings. The fraction of sp³-hybridized carbons (Fsp3) is 0.429. The monoisotopic (exact) mass is 454 g/mol. The predicted octanol–water partition coefficient (Wildman–Crippen LogP) is 0.676. The maximum atomic E-state index is 12.0.